The van der Waals surface area contributed by atoms with Gasteiger partial charge in [0.15, 0.2) is 0 Å². The molecule has 0 fully saturated rings. The highest BCUT2D eigenvalue weighted by Crippen LogP contribution is 2.08. The summed E-state index contributed by atoms with van der Waals surface area (Å²) >= 11 is 0. The lowest BCUT2D eigenvalue weighted by Gasteiger charge is -2.32. The van der Waals surface area contributed by atoms with Crippen molar-refractivity contribution in [1.29, 1.82) is 0 Å². The molecule has 0 saturated heterocycles. The second-order valence-corrected chi connectivity index (χ2v) is 4.54. The molecule has 2 heteroatoms. The summed E-state index contributed by atoms with van der Waals surface area (Å²) in [6.07, 6.45) is 1.27. The molecule has 0 amide bonds. The van der Waals surface area contributed by atoms with E-state index in [1.54, 1.807) is 0 Å². The van der Waals surface area contributed by atoms with E-state index in [9.17, 15) is 0 Å². The lowest BCUT2D eigenvalue weighted by atomic mass is 10.1. The van der Waals surface area contributed by atoms with Gasteiger partial charge in [0, 0.05) is 18.6 Å². The Morgan fingerprint density at radius 1 is 1.14 bits per heavy atom. The molecule has 14 heavy (non-hydrogen) atoms. The number of likely N-dealkylation sites (N-methyl/N-ethyl adjacent to an activating group) is 2. The minimum absolute atomic E-state index is 0.578. The van der Waals surface area contributed by atoms with E-state index in [-0.39, 0.29) is 0 Å². The predicted octanol–water partition coefficient (Wildman–Crippen LogP) is 2.35. The van der Waals surface area contributed by atoms with Gasteiger partial charge < -0.3 is 10.2 Å². The van der Waals surface area contributed by atoms with Crippen LogP contribution < -0.4 is 5.32 Å². The summed E-state index contributed by atoms with van der Waals surface area (Å²) in [6.45, 7) is 13.6. The smallest absolute Gasteiger partial charge is 0.0215 e. The SMILES string of the molecule is CCNC(C)C(C)N(C)CC(C)CC. The van der Waals surface area contributed by atoms with Crippen molar-refractivity contribution < 1.29 is 0 Å². The fourth-order valence-corrected chi connectivity index (χ4v) is 1.66. The molecule has 0 aromatic heterocycles. The van der Waals surface area contributed by atoms with Gasteiger partial charge in [-0.1, -0.05) is 27.2 Å². The zero-order valence-corrected chi connectivity index (χ0v) is 10.8. The molecule has 0 aromatic rings. The van der Waals surface area contributed by atoms with E-state index in [1.165, 1.54) is 13.0 Å². The summed E-state index contributed by atoms with van der Waals surface area (Å²) in [5.74, 6) is 0.802. The molecule has 0 radical (unpaired) electrons. The molecule has 0 saturated carbocycles. The van der Waals surface area contributed by atoms with Gasteiger partial charge in [-0.2, -0.15) is 0 Å². The van der Waals surface area contributed by atoms with Gasteiger partial charge in [0.2, 0.25) is 0 Å². The molecule has 0 spiro atoms. The number of rotatable bonds is 7. The van der Waals surface area contributed by atoms with Crippen molar-refractivity contribution >= 4 is 0 Å². The maximum absolute atomic E-state index is 3.48. The second-order valence-electron chi connectivity index (χ2n) is 4.54. The van der Waals surface area contributed by atoms with Gasteiger partial charge in [-0.3, -0.25) is 0 Å². The third kappa shape index (κ3) is 4.97. The number of nitrogens with zero attached hydrogens (tertiary/aromatic N) is 1. The zero-order chi connectivity index (χ0) is 11.1. The Balaban J connectivity index is 3.90. The summed E-state index contributed by atoms with van der Waals surface area (Å²) in [7, 11) is 2.23. The molecule has 3 atom stereocenters. The Labute approximate surface area is 90.1 Å². The monoisotopic (exact) mass is 200 g/mol. The quantitative estimate of drug-likeness (QED) is 0.678. The fraction of sp³-hybridized carbons (Fsp3) is 1.00. The van der Waals surface area contributed by atoms with E-state index in [2.05, 4.69) is 51.9 Å². The van der Waals surface area contributed by atoms with Crippen molar-refractivity contribution in [2.75, 3.05) is 20.1 Å². The van der Waals surface area contributed by atoms with Crippen LogP contribution in [0, 0.1) is 5.92 Å². The first-order valence-corrected chi connectivity index (χ1v) is 5.96. The summed E-state index contributed by atoms with van der Waals surface area (Å²) < 4.78 is 0. The molecule has 3 unspecified atom stereocenters. The highest BCUT2D eigenvalue weighted by molar-refractivity contribution is 4.76. The molecule has 0 aliphatic heterocycles. The minimum Gasteiger partial charge on any atom is -0.313 e. The Kier molecular flexibility index (Phi) is 7.20. The summed E-state index contributed by atoms with van der Waals surface area (Å²) in [4.78, 5) is 2.46. The van der Waals surface area contributed by atoms with Crippen molar-refractivity contribution in [1.82, 2.24) is 10.2 Å². The average Bonchev–Trinajstić information content (AvgIpc) is 2.16. The van der Waals surface area contributed by atoms with Gasteiger partial charge in [-0.15, -0.1) is 0 Å². The van der Waals surface area contributed by atoms with Gasteiger partial charge in [-0.25, -0.2) is 0 Å². The molecule has 86 valence electrons. The van der Waals surface area contributed by atoms with E-state index >= 15 is 0 Å². The molecule has 0 aliphatic carbocycles. The maximum Gasteiger partial charge on any atom is 0.0215 e. The molecule has 0 bridgehead atoms. The highest BCUT2D eigenvalue weighted by atomic mass is 15.2. The summed E-state index contributed by atoms with van der Waals surface area (Å²) in [5, 5.41) is 3.48. The summed E-state index contributed by atoms with van der Waals surface area (Å²) in [5.41, 5.74) is 0. The Morgan fingerprint density at radius 3 is 2.14 bits per heavy atom. The third-order valence-electron chi connectivity index (χ3n) is 3.24. The van der Waals surface area contributed by atoms with Crippen molar-refractivity contribution in [2.24, 2.45) is 5.92 Å². The first kappa shape index (κ1) is 13.9. The molecule has 0 aromatic carbocycles. The normalized spacial score (nSPS) is 18.2. The van der Waals surface area contributed by atoms with Crippen LogP contribution in [0.25, 0.3) is 0 Å². The molecular weight excluding hydrogens is 172 g/mol. The summed E-state index contributed by atoms with van der Waals surface area (Å²) in [6, 6.07) is 1.19. The molecule has 2 nitrogen and oxygen atoms in total. The second kappa shape index (κ2) is 7.24. The van der Waals surface area contributed by atoms with Crippen LogP contribution in [-0.2, 0) is 0 Å². The van der Waals surface area contributed by atoms with E-state index < -0.39 is 0 Å². The average molecular weight is 200 g/mol. The van der Waals surface area contributed by atoms with Crippen molar-refractivity contribution in [3.8, 4) is 0 Å². The van der Waals surface area contributed by atoms with Gasteiger partial charge in [0.05, 0.1) is 0 Å². The van der Waals surface area contributed by atoms with E-state index in [0.717, 1.165) is 12.5 Å². The zero-order valence-electron chi connectivity index (χ0n) is 10.8. The molecule has 0 rings (SSSR count). The topological polar surface area (TPSA) is 15.3 Å². The van der Waals surface area contributed by atoms with Crippen LogP contribution in [-0.4, -0.2) is 37.1 Å². The number of hydrogen-bond donors (Lipinski definition) is 1. The predicted molar refractivity (Wildman–Crippen MR) is 64.7 cm³/mol. The van der Waals surface area contributed by atoms with E-state index in [1.807, 2.05) is 0 Å². The van der Waals surface area contributed by atoms with Crippen LogP contribution in [0.4, 0.5) is 0 Å². The van der Waals surface area contributed by atoms with Gasteiger partial charge in [-0.05, 0) is 33.4 Å². The Morgan fingerprint density at radius 2 is 1.71 bits per heavy atom. The fourth-order valence-electron chi connectivity index (χ4n) is 1.66. The molecule has 0 heterocycles. The van der Waals surface area contributed by atoms with Crippen LogP contribution in [0.3, 0.4) is 0 Å². The van der Waals surface area contributed by atoms with E-state index in [4.69, 9.17) is 0 Å². The molecule has 1 N–H and O–H groups in total. The van der Waals surface area contributed by atoms with Crippen LogP contribution >= 0.6 is 0 Å². The standard InChI is InChI=1S/C12H28N2/c1-7-10(3)9-14(6)12(5)11(4)13-8-2/h10-13H,7-9H2,1-6H3. The largest absolute Gasteiger partial charge is 0.313 e. The third-order valence-corrected chi connectivity index (χ3v) is 3.24. The number of nitrogens with one attached hydrogen (secondary N) is 1. The highest BCUT2D eigenvalue weighted by Gasteiger charge is 2.16. The van der Waals surface area contributed by atoms with Crippen LogP contribution in [0.5, 0.6) is 0 Å². The lowest BCUT2D eigenvalue weighted by Crippen LogP contribution is -2.46. The molecular formula is C12H28N2. The first-order valence-electron chi connectivity index (χ1n) is 5.96. The van der Waals surface area contributed by atoms with Crippen LogP contribution in [0.1, 0.15) is 41.0 Å². The Hall–Kier alpha value is -0.0800. The van der Waals surface area contributed by atoms with Gasteiger partial charge >= 0.3 is 0 Å². The Bertz CT molecular complexity index is 136. The van der Waals surface area contributed by atoms with Crippen molar-refractivity contribution in [3.63, 3.8) is 0 Å². The minimum atomic E-state index is 0.578. The first-order chi connectivity index (χ1) is 6.52. The van der Waals surface area contributed by atoms with E-state index in [0.29, 0.717) is 12.1 Å². The maximum atomic E-state index is 3.48. The van der Waals surface area contributed by atoms with Gasteiger partial charge in [0.25, 0.3) is 0 Å². The van der Waals surface area contributed by atoms with Crippen LogP contribution in [0.15, 0.2) is 0 Å². The van der Waals surface area contributed by atoms with Crippen molar-refractivity contribution in [2.45, 2.75) is 53.1 Å². The number of hydrogen-bond acceptors (Lipinski definition) is 2. The van der Waals surface area contributed by atoms with Gasteiger partial charge in [0.1, 0.15) is 0 Å². The van der Waals surface area contributed by atoms with Crippen molar-refractivity contribution in [3.05, 3.63) is 0 Å². The molecule has 0 aliphatic rings. The van der Waals surface area contributed by atoms with Crippen LogP contribution in [0.2, 0.25) is 0 Å². The lowest BCUT2D eigenvalue weighted by molar-refractivity contribution is 0.188.